The summed E-state index contributed by atoms with van der Waals surface area (Å²) in [6.07, 6.45) is 9.97. The number of amides is 1. The summed E-state index contributed by atoms with van der Waals surface area (Å²) in [5, 5.41) is 11.0. The molecule has 2 aliphatic carbocycles. The van der Waals surface area contributed by atoms with Crippen LogP contribution in [0.4, 0.5) is 22.1 Å². The van der Waals surface area contributed by atoms with Crippen LogP contribution in [0.3, 0.4) is 0 Å². The van der Waals surface area contributed by atoms with Crippen LogP contribution >= 0.6 is 0 Å². The van der Waals surface area contributed by atoms with Crippen molar-refractivity contribution in [1.29, 1.82) is 0 Å². The number of pyridine rings is 1. The van der Waals surface area contributed by atoms with E-state index in [0.717, 1.165) is 79.8 Å². The van der Waals surface area contributed by atoms with Gasteiger partial charge >= 0.3 is 6.09 Å². The number of anilines is 3. The van der Waals surface area contributed by atoms with E-state index >= 15 is 0 Å². The molecular formula is C28H36N8O2. The second-order valence-corrected chi connectivity index (χ2v) is 12.5. The van der Waals surface area contributed by atoms with E-state index in [4.69, 9.17) is 14.7 Å². The summed E-state index contributed by atoms with van der Waals surface area (Å²) in [5.74, 6) is 3.04. The summed E-state index contributed by atoms with van der Waals surface area (Å²) in [4.78, 5) is 31.5. The number of piperidine rings is 1. The number of nitrogens with zero attached hydrogens (tertiary/aromatic N) is 6. The quantitative estimate of drug-likeness (QED) is 0.528. The van der Waals surface area contributed by atoms with Gasteiger partial charge in [0.1, 0.15) is 11.4 Å². The van der Waals surface area contributed by atoms with Crippen molar-refractivity contribution < 1.29 is 9.53 Å². The van der Waals surface area contributed by atoms with Gasteiger partial charge in [-0.25, -0.2) is 14.8 Å². The highest BCUT2D eigenvalue weighted by atomic mass is 16.6. The molecule has 2 saturated carbocycles. The van der Waals surface area contributed by atoms with E-state index in [1.54, 1.807) is 0 Å². The second kappa shape index (κ2) is 8.54. The summed E-state index contributed by atoms with van der Waals surface area (Å²) in [5.41, 5.74) is 3.36. The Labute approximate surface area is 222 Å². The largest absolute Gasteiger partial charge is 0.444 e. The zero-order valence-electron chi connectivity index (χ0n) is 22.4. The molecule has 1 saturated heterocycles. The molecule has 0 aromatic carbocycles. The minimum absolute atomic E-state index is 0.148. The molecule has 3 aromatic heterocycles. The molecule has 1 amide bonds. The number of ether oxygens (including phenoxy) is 1. The lowest BCUT2D eigenvalue weighted by molar-refractivity contribution is 0.0417. The summed E-state index contributed by atoms with van der Waals surface area (Å²) in [7, 11) is 0. The van der Waals surface area contributed by atoms with Crippen LogP contribution in [0, 0.1) is 17.3 Å². The summed E-state index contributed by atoms with van der Waals surface area (Å²) >= 11 is 0. The van der Waals surface area contributed by atoms with Gasteiger partial charge in [-0.1, -0.05) is 0 Å². The number of hydrogen-bond acceptors (Lipinski definition) is 8. The number of aromatic amines is 1. The van der Waals surface area contributed by atoms with E-state index in [2.05, 4.69) is 36.4 Å². The molecule has 38 heavy (non-hydrogen) atoms. The molecule has 3 aromatic rings. The molecular weight excluding hydrogens is 480 g/mol. The average Bonchev–Trinajstić information content (AvgIpc) is 3.41. The molecule has 1 spiro atoms. The number of rotatable bonds is 3. The first kappa shape index (κ1) is 23.7. The lowest BCUT2D eigenvalue weighted by Gasteiger charge is -2.45. The van der Waals surface area contributed by atoms with E-state index in [9.17, 15) is 4.79 Å². The van der Waals surface area contributed by atoms with E-state index in [-0.39, 0.29) is 17.6 Å². The maximum absolute atomic E-state index is 12.6. The van der Waals surface area contributed by atoms with Crippen molar-refractivity contribution in [1.82, 2.24) is 30.5 Å². The van der Waals surface area contributed by atoms with E-state index < -0.39 is 5.60 Å². The van der Waals surface area contributed by atoms with Crippen molar-refractivity contribution in [2.24, 2.45) is 17.3 Å². The van der Waals surface area contributed by atoms with Crippen molar-refractivity contribution >= 4 is 34.6 Å². The number of fused-ring (bicyclic) bond motifs is 3. The van der Waals surface area contributed by atoms with Crippen LogP contribution in [0.5, 0.6) is 0 Å². The third-order valence-electron chi connectivity index (χ3n) is 8.94. The van der Waals surface area contributed by atoms with Crippen LogP contribution < -0.4 is 15.1 Å². The van der Waals surface area contributed by atoms with Gasteiger partial charge in [0.15, 0.2) is 17.0 Å². The maximum atomic E-state index is 12.6. The summed E-state index contributed by atoms with van der Waals surface area (Å²) in [6, 6.07) is 4.28. The normalized spacial score (nSPS) is 25.8. The van der Waals surface area contributed by atoms with Crippen LogP contribution in [0.25, 0.3) is 11.2 Å². The Morgan fingerprint density at radius 2 is 2.05 bits per heavy atom. The number of alkyl carbamates (subject to hydrolysis) is 1. The van der Waals surface area contributed by atoms with Gasteiger partial charge in [0.25, 0.3) is 0 Å². The van der Waals surface area contributed by atoms with Gasteiger partial charge in [0.2, 0.25) is 0 Å². The molecule has 3 atom stereocenters. The number of aryl methyl sites for hydroxylation is 1. The minimum Gasteiger partial charge on any atom is -0.444 e. The molecule has 10 heteroatoms. The van der Waals surface area contributed by atoms with Gasteiger partial charge in [-0.15, -0.1) is 0 Å². The summed E-state index contributed by atoms with van der Waals surface area (Å²) in [6.45, 7) is 8.43. The van der Waals surface area contributed by atoms with Gasteiger partial charge < -0.3 is 19.9 Å². The van der Waals surface area contributed by atoms with Crippen molar-refractivity contribution in [3.8, 4) is 0 Å². The molecule has 4 aliphatic rings. The number of hydrogen-bond donors (Lipinski definition) is 2. The number of nitrogens with one attached hydrogen (secondary N) is 2. The molecule has 5 heterocycles. The topological polar surface area (TPSA) is 112 Å². The van der Waals surface area contributed by atoms with Gasteiger partial charge in [0, 0.05) is 31.9 Å². The molecule has 2 N–H and O–H groups in total. The number of carbonyl (C=O) groups is 1. The highest BCUT2D eigenvalue weighted by Crippen LogP contribution is 2.63. The molecule has 3 fully saturated rings. The first-order valence-corrected chi connectivity index (χ1v) is 14.0. The lowest BCUT2D eigenvalue weighted by atomic mass is 9.71. The van der Waals surface area contributed by atoms with Gasteiger partial charge in [0.05, 0.1) is 17.6 Å². The molecule has 0 bridgehead atoms. The smallest absolute Gasteiger partial charge is 0.407 e. The van der Waals surface area contributed by atoms with Gasteiger partial charge in [-0.05, 0) is 88.7 Å². The Hall–Kier alpha value is -3.43. The zero-order valence-corrected chi connectivity index (χ0v) is 22.4. The van der Waals surface area contributed by atoms with Gasteiger partial charge in [-0.2, -0.15) is 5.10 Å². The highest BCUT2D eigenvalue weighted by Gasteiger charge is 2.62. The Balaban J connectivity index is 1.07. The Morgan fingerprint density at radius 3 is 2.87 bits per heavy atom. The third kappa shape index (κ3) is 4.05. The van der Waals surface area contributed by atoms with Crippen LogP contribution in [-0.2, 0) is 11.2 Å². The van der Waals surface area contributed by atoms with Gasteiger partial charge in [-0.3, -0.25) is 10.1 Å². The predicted molar refractivity (Wildman–Crippen MR) is 144 cm³/mol. The second-order valence-electron chi connectivity index (χ2n) is 12.5. The molecule has 0 radical (unpaired) electrons. The van der Waals surface area contributed by atoms with Crippen LogP contribution in [0.15, 0.2) is 24.5 Å². The van der Waals surface area contributed by atoms with E-state index in [1.807, 2.05) is 39.2 Å². The lowest BCUT2D eigenvalue weighted by Crippen LogP contribution is -2.53. The van der Waals surface area contributed by atoms with E-state index in [0.29, 0.717) is 11.6 Å². The van der Waals surface area contributed by atoms with Crippen molar-refractivity contribution in [2.75, 3.05) is 29.4 Å². The standard InChI is InChI=1S/C28H36N8O2/c1-27(2,3)38-26(37)32-23-18-14-17(18)15-28(23)8-12-35(13-9-28)21-16-30-22-24(31-21)33-34-25(22)36-11-5-6-19-20(36)7-4-10-29-19/h4,7,10,16-18,23H,5-6,8-9,11-15H2,1-3H3,(H,32,37)(H,31,33,34)/t17?,18?,23-/m0/s1. The Kier molecular flexibility index (Phi) is 5.32. The molecule has 2 unspecified atom stereocenters. The Bertz CT molecular complexity index is 1370. The Morgan fingerprint density at radius 1 is 1.21 bits per heavy atom. The first-order chi connectivity index (χ1) is 18.3. The minimum atomic E-state index is -0.486. The van der Waals surface area contributed by atoms with Crippen molar-refractivity contribution in [2.45, 2.75) is 70.9 Å². The first-order valence-electron chi connectivity index (χ1n) is 14.0. The number of H-pyrrole nitrogens is 1. The fourth-order valence-corrected chi connectivity index (χ4v) is 7.14. The van der Waals surface area contributed by atoms with Crippen molar-refractivity contribution in [3.63, 3.8) is 0 Å². The average molecular weight is 517 g/mol. The molecule has 200 valence electrons. The SMILES string of the molecule is CC(C)(C)OC(=O)N[C@H]1C2CC2CC12CCN(c1cnc3c(N4CCCc5ncccc54)n[nH]c3n1)CC2. The maximum Gasteiger partial charge on any atom is 0.407 e. The van der Waals surface area contributed by atoms with Crippen molar-refractivity contribution in [3.05, 3.63) is 30.2 Å². The number of aromatic nitrogens is 5. The van der Waals surface area contributed by atoms with Crippen LogP contribution in [-0.4, -0.2) is 62.5 Å². The highest BCUT2D eigenvalue weighted by molar-refractivity contribution is 5.87. The van der Waals surface area contributed by atoms with Crippen LogP contribution in [0.2, 0.25) is 0 Å². The molecule has 2 aliphatic heterocycles. The van der Waals surface area contributed by atoms with E-state index in [1.165, 1.54) is 12.8 Å². The summed E-state index contributed by atoms with van der Waals surface area (Å²) < 4.78 is 5.60. The third-order valence-corrected chi connectivity index (χ3v) is 8.94. The monoisotopic (exact) mass is 516 g/mol. The fraction of sp³-hybridized carbons (Fsp3) is 0.607. The molecule has 10 nitrogen and oxygen atoms in total. The number of carbonyl (C=O) groups excluding carboxylic acids is 1. The predicted octanol–water partition coefficient (Wildman–Crippen LogP) is 4.35. The zero-order chi connectivity index (χ0) is 26.1. The fourth-order valence-electron chi connectivity index (χ4n) is 7.14. The van der Waals surface area contributed by atoms with Crippen LogP contribution in [0.1, 0.15) is 58.6 Å². The molecule has 7 rings (SSSR count).